The molecule has 1 atom stereocenters. The minimum absolute atomic E-state index is 0.0977. The molecular formula is C17H23N3O2. The lowest BCUT2D eigenvalue weighted by atomic mass is 9.94. The summed E-state index contributed by atoms with van der Waals surface area (Å²) in [6, 6.07) is 8.19. The second kappa shape index (κ2) is 6.08. The molecule has 5 nitrogen and oxygen atoms in total. The summed E-state index contributed by atoms with van der Waals surface area (Å²) in [6.45, 7) is 5.51. The molecule has 1 unspecified atom stereocenters. The van der Waals surface area contributed by atoms with Gasteiger partial charge in [0, 0.05) is 25.6 Å². The van der Waals surface area contributed by atoms with Crippen molar-refractivity contribution in [1.82, 2.24) is 14.9 Å². The maximum atomic E-state index is 12.2. The van der Waals surface area contributed by atoms with Crippen LogP contribution in [0.2, 0.25) is 0 Å². The van der Waals surface area contributed by atoms with Crippen LogP contribution in [0.25, 0.3) is 11.0 Å². The second-order valence-corrected chi connectivity index (χ2v) is 6.54. The Balaban J connectivity index is 1.54. The van der Waals surface area contributed by atoms with Crippen LogP contribution in [0.4, 0.5) is 0 Å². The van der Waals surface area contributed by atoms with Crippen LogP contribution in [-0.2, 0) is 16.1 Å². The molecule has 1 amide bonds. The molecular weight excluding hydrogens is 278 g/mol. The third-order valence-corrected chi connectivity index (χ3v) is 4.17. The number of benzene rings is 1. The van der Waals surface area contributed by atoms with Crippen LogP contribution >= 0.6 is 0 Å². The van der Waals surface area contributed by atoms with E-state index in [1.54, 1.807) is 6.33 Å². The highest BCUT2D eigenvalue weighted by atomic mass is 16.5. The Hall–Kier alpha value is -1.88. The maximum absolute atomic E-state index is 12.2. The number of fused-ring (bicyclic) bond motifs is 1. The number of hydrogen-bond donors (Lipinski definition) is 1. The van der Waals surface area contributed by atoms with E-state index in [-0.39, 0.29) is 17.6 Å². The average Bonchev–Trinajstić information content (AvgIpc) is 2.87. The first-order valence-corrected chi connectivity index (χ1v) is 7.87. The van der Waals surface area contributed by atoms with Crippen molar-refractivity contribution in [2.24, 2.45) is 0 Å². The molecule has 5 heteroatoms. The summed E-state index contributed by atoms with van der Waals surface area (Å²) in [5, 5.41) is 3.13. The molecule has 22 heavy (non-hydrogen) atoms. The largest absolute Gasteiger partial charge is 0.375 e. The molecule has 2 aromatic rings. The molecule has 1 N–H and O–H groups in total. The molecule has 3 rings (SSSR count). The highest BCUT2D eigenvalue weighted by Gasteiger charge is 2.29. The molecule has 118 valence electrons. The fraction of sp³-hybridized carbons (Fsp3) is 0.529. The highest BCUT2D eigenvalue weighted by molar-refractivity contribution is 5.77. The Morgan fingerprint density at radius 2 is 2.27 bits per heavy atom. The third kappa shape index (κ3) is 3.47. The number of aryl methyl sites for hydroxylation is 1. The van der Waals surface area contributed by atoms with Gasteiger partial charge in [-0.25, -0.2) is 4.98 Å². The van der Waals surface area contributed by atoms with Crippen molar-refractivity contribution in [1.29, 1.82) is 0 Å². The third-order valence-electron chi connectivity index (χ3n) is 4.17. The van der Waals surface area contributed by atoms with Crippen LogP contribution < -0.4 is 5.32 Å². The van der Waals surface area contributed by atoms with Gasteiger partial charge >= 0.3 is 0 Å². The zero-order chi connectivity index (χ0) is 15.6. The average molecular weight is 301 g/mol. The minimum atomic E-state index is -0.142. The number of carbonyl (C=O) groups is 1. The maximum Gasteiger partial charge on any atom is 0.222 e. The van der Waals surface area contributed by atoms with Crippen molar-refractivity contribution in [3.63, 3.8) is 0 Å². The molecule has 2 heterocycles. The summed E-state index contributed by atoms with van der Waals surface area (Å²) in [4.78, 5) is 16.5. The lowest BCUT2D eigenvalue weighted by Crippen LogP contribution is -2.45. The summed E-state index contributed by atoms with van der Waals surface area (Å²) in [5.41, 5.74) is 1.90. The fourth-order valence-electron chi connectivity index (χ4n) is 3.07. The summed E-state index contributed by atoms with van der Waals surface area (Å²) < 4.78 is 7.71. The molecule has 1 aliphatic heterocycles. The van der Waals surface area contributed by atoms with E-state index in [2.05, 4.69) is 24.1 Å². The first kappa shape index (κ1) is 15.0. The summed E-state index contributed by atoms with van der Waals surface area (Å²) in [6.07, 6.45) is 4.03. The van der Waals surface area contributed by atoms with Crippen LogP contribution in [0.15, 0.2) is 30.6 Å². The van der Waals surface area contributed by atoms with Crippen molar-refractivity contribution in [2.75, 3.05) is 6.61 Å². The van der Waals surface area contributed by atoms with Crippen LogP contribution in [0.5, 0.6) is 0 Å². The monoisotopic (exact) mass is 301 g/mol. The van der Waals surface area contributed by atoms with Gasteiger partial charge < -0.3 is 14.6 Å². The number of carbonyl (C=O) groups excluding carboxylic acids is 1. The van der Waals surface area contributed by atoms with Gasteiger partial charge in [0.2, 0.25) is 5.91 Å². The lowest BCUT2D eigenvalue weighted by Gasteiger charge is -2.35. The topological polar surface area (TPSA) is 56.2 Å². The van der Waals surface area contributed by atoms with Crippen molar-refractivity contribution >= 4 is 16.9 Å². The summed E-state index contributed by atoms with van der Waals surface area (Å²) in [7, 11) is 0. The number of nitrogens with zero attached hydrogens (tertiary/aromatic N) is 2. The molecule has 0 aliphatic carbocycles. The van der Waals surface area contributed by atoms with E-state index in [4.69, 9.17) is 4.74 Å². The van der Waals surface area contributed by atoms with Gasteiger partial charge in [-0.1, -0.05) is 12.1 Å². The number of rotatable bonds is 4. The van der Waals surface area contributed by atoms with Crippen molar-refractivity contribution in [3.8, 4) is 0 Å². The van der Waals surface area contributed by atoms with E-state index in [0.717, 1.165) is 23.9 Å². The number of hydrogen-bond acceptors (Lipinski definition) is 3. The van der Waals surface area contributed by atoms with E-state index >= 15 is 0 Å². The molecule has 0 bridgehead atoms. The Morgan fingerprint density at radius 3 is 3.09 bits per heavy atom. The number of para-hydroxylation sites is 2. The number of amides is 1. The highest BCUT2D eigenvalue weighted by Crippen LogP contribution is 2.24. The Bertz CT molecular complexity index is 663. The predicted octanol–water partition coefficient (Wildman–Crippen LogP) is 2.50. The Morgan fingerprint density at radius 1 is 1.45 bits per heavy atom. The van der Waals surface area contributed by atoms with E-state index < -0.39 is 0 Å². The first-order chi connectivity index (χ1) is 10.5. The van der Waals surface area contributed by atoms with E-state index in [1.807, 2.05) is 28.8 Å². The van der Waals surface area contributed by atoms with E-state index in [1.165, 1.54) is 0 Å². The molecule has 0 radical (unpaired) electrons. The van der Waals surface area contributed by atoms with Crippen LogP contribution in [0.3, 0.4) is 0 Å². The predicted molar refractivity (Wildman–Crippen MR) is 85.5 cm³/mol. The molecule has 1 aromatic carbocycles. The van der Waals surface area contributed by atoms with Gasteiger partial charge in [0.15, 0.2) is 0 Å². The van der Waals surface area contributed by atoms with Gasteiger partial charge in [0.1, 0.15) is 0 Å². The quantitative estimate of drug-likeness (QED) is 0.944. The van der Waals surface area contributed by atoms with Crippen LogP contribution in [0, 0.1) is 0 Å². The van der Waals surface area contributed by atoms with Crippen molar-refractivity contribution in [3.05, 3.63) is 30.6 Å². The molecule has 0 saturated carbocycles. The van der Waals surface area contributed by atoms with Crippen molar-refractivity contribution < 1.29 is 9.53 Å². The molecule has 1 saturated heterocycles. The van der Waals surface area contributed by atoms with Gasteiger partial charge in [-0.2, -0.15) is 0 Å². The number of ether oxygens (including phenoxy) is 1. The summed E-state index contributed by atoms with van der Waals surface area (Å²) >= 11 is 0. The number of imidazole rings is 1. The molecule has 1 aliphatic rings. The van der Waals surface area contributed by atoms with Gasteiger partial charge in [0.05, 0.1) is 23.0 Å². The zero-order valence-electron chi connectivity index (χ0n) is 13.2. The Labute approximate surface area is 130 Å². The minimum Gasteiger partial charge on any atom is -0.375 e. The van der Waals surface area contributed by atoms with Gasteiger partial charge in [-0.3, -0.25) is 4.79 Å². The molecule has 1 fully saturated rings. The zero-order valence-corrected chi connectivity index (χ0v) is 13.2. The number of aromatic nitrogens is 2. The van der Waals surface area contributed by atoms with E-state index in [0.29, 0.717) is 19.6 Å². The number of nitrogens with one attached hydrogen (secondary N) is 1. The van der Waals surface area contributed by atoms with Crippen LogP contribution in [0.1, 0.15) is 33.1 Å². The SMILES string of the molecule is CC1(C)CC(NC(=O)CCn2cnc3ccccc32)CCO1. The molecule has 0 spiro atoms. The standard InChI is InChI=1S/C17H23N3O2/c1-17(2)11-13(8-10-22-17)19-16(21)7-9-20-12-18-14-5-3-4-6-15(14)20/h3-6,12-13H,7-11H2,1-2H3,(H,19,21). The van der Waals surface area contributed by atoms with E-state index in [9.17, 15) is 4.79 Å². The fourth-order valence-corrected chi connectivity index (χ4v) is 3.07. The molecule has 1 aromatic heterocycles. The van der Waals surface area contributed by atoms with Gasteiger partial charge in [-0.05, 0) is 38.8 Å². The lowest BCUT2D eigenvalue weighted by molar-refractivity contribution is -0.124. The Kier molecular flexibility index (Phi) is 4.16. The second-order valence-electron chi connectivity index (χ2n) is 6.54. The first-order valence-electron chi connectivity index (χ1n) is 7.87. The van der Waals surface area contributed by atoms with Gasteiger partial charge in [0.25, 0.3) is 0 Å². The smallest absolute Gasteiger partial charge is 0.222 e. The van der Waals surface area contributed by atoms with Gasteiger partial charge in [-0.15, -0.1) is 0 Å². The van der Waals surface area contributed by atoms with Crippen molar-refractivity contribution in [2.45, 2.75) is 51.3 Å². The van der Waals surface area contributed by atoms with Crippen LogP contribution in [-0.4, -0.2) is 33.7 Å². The normalized spacial score (nSPS) is 20.9. The summed E-state index contributed by atoms with van der Waals surface area (Å²) in [5.74, 6) is 0.0977.